The molecule has 1 N–H and O–H groups in total. The van der Waals surface area contributed by atoms with Gasteiger partial charge in [0.05, 0.1) is 11.3 Å². The Morgan fingerprint density at radius 2 is 1.91 bits per heavy atom. The van der Waals surface area contributed by atoms with Gasteiger partial charge in [0.2, 0.25) is 4.96 Å². The normalized spacial score (nSPS) is 11.0. The fraction of sp³-hybridized carbons (Fsp3) is 0.208. The topological polar surface area (TPSA) is 112 Å². The number of carbonyl (C=O) groups excluding carboxylic acids is 2. The molecule has 11 heteroatoms. The number of halogens is 1. The number of nitrogens with one attached hydrogen (secondary N) is 1. The maximum Gasteiger partial charge on any atom is 0.338 e. The lowest BCUT2D eigenvalue weighted by molar-refractivity contribution is -0.118. The first kappa shape index (κ1) is 24.0. The number of hydrogen-bond acceptors (Lipinski definition) is 8. The van der Waals surface area contributed by atoms with Crippen LogP contribution in [0.4, 0.5) is 10.1 Å². The van der Waals surface area contributed by atoms with Crippen molar-refractivity contribution in [3.63, 3.8) is 0 Å². The molecule has 0 radical (unpaired) electrons. The van der Waals surface area contributed by atoms with Crippen LogP contribution in [-0.4, -0.2) is 33.1 Å². The Morgan fingerprint density at radius 1 is 1.14 bits per heavy atom. The zero-order chi connectivity index (χ0) is 24.9. The molecule has 4 aromatic rings. The SMILES string of the molecule is CC(C)c1nn2c(=O)cc(COC(=O)c3cccc(NC(=O)COc4ccc(F)cc4)c3)nc2s1. The first-order valence-corrected chi connectivity index (χ1v) is 11.5. The highest BCUT2D eigenvalue weighted by Gasteiger charge is 2.14. The quantitative estimate of drug-likeness (QED) is 0.370. The molecule has 0 fully saturated rings. The molecule has 0 unspecified atom stereocenters. The van der Waals surface area contributed by atoms with E-state index in [0.717, 1.165) is 5.01 Å². The summed E-state index contributed by atoms with van der Waals surface area (Å²) in [5.41, 5.74) is 0.539. The number of anilines is 1. The van der Waals surface area contributed by atoms with Crippen molar-refractivity contribution in [3.05, 3.63) is 87.0 Å². The van der Waals surface area contributed by atoms with E-state index in [4.69, 9.17) is 9.47 Å². The van der Waals surface area contributed by atoms with Crippen molar-refractivity contribution in [2.45, 2.75) is 26.4 Å². The molecule has 180 valence electrons. The molecule has 35 heavy (non-hydrogen) atoms. The van der Waals surface area contributed by atoms with Gasteiger partial charge in [0.25, 0.3) is 11.5 Å². The summed E-state index contributed by atoms with van der Waals surface area (Å²) in [6.45, 7) is 3.46. The summed E-state index contributed by atoms with van der Waals surface area (Å²) in [6.07, 6.45) is 0. The van der Waals surface area contributed by atoms with Gasteiger partial charge in [-0.25, -0.2) is 14.2 Å². The van der Waals surface area contributed by atoms with Crippen LogP contribution < -0.4 is 15.6 Å². The summed E-state index contributed by atoms with van der Waals surface area (Å²) < 4.78 is 24.8. The van der Waals surface area contributed by atoms with Crippen molar-refractivity contribution in [3.8, 4) is 5.75 Å². The van der Waals surface area contributed by atoms with Crippen LogP contribution in [-0.2, 0) is 16.1 Å². The van der Waals surface area contributed by atoms with E-state index in [0.29, 0.717) is 22.1 Å². The molecule has 0 saturated heterocycles. The Morgan fingerprint density at radius 3 is 2.66 bits per heavy atom. The van der Waals surface area contributed by atoms with Crippen molar-refractivity contribution in [1.82, 2.24) is 14.6 Å². The molecule has 9 nitrogen and oxygen atoms in total. The minimum Gasteiger partial charge on any atom is -0.484 e. The molecule has 2 aromatic heterocycles. The highest BCUT2D eigenvalue weighted by Crippen LogP contribution is 2.20. The highest BCUT2D eigenvalue weighted by molar-refractivity contribution is 7.16. The standard InChI is InChI=1S/C24H21FN4O5S/c1-14(2)22-28-29-21(31)11-18(27-24(29)35-22)12-34-23(32)15-4-3-5-17(10-15)26-20(30)13-33-19-8-6-16(25)7-9-19/h3-11,14H,12-13H2,1-2H3,(H,26,30). The molecule has 0 aliphatic heterocycles. The number of nitrogens with zero attached hydrogens (tertiary/aromatic N) is 3. The van der Waals surface area contributed by atoms with Gasteiger partial charge in [0, 0.05) is 17.7 Å². The second kappa shape index (κ2) is 10.4. The van der Waals surface area contributed by atoms with Gasteiger partial charge in [-0.05, 0) is 42.5 Å². The van der Waals surface area contributed by atoms with E-state index in [1.807, 2.05) is 13.8 Å². The Bertz CT molecular complexity index is 1430. The van der Waals surface area contributed by atoms with Gasteiger partial charge in [-0.15, -0.1) is 0 Å². The summed E-state index contributed by atoms with van der Waals surface area (Å²) >= 11 is 1.31. The minimum atomic E-state index is -0.641. The average Bonchev–Trinajstić information content (AvgIpc) is 3.28. The van der Waals surface area contributed by atoms with Gasteiger partial charge < -0.3 is 14.8 Å². The van der Waals surface area contributed by atoms with E-state index in [2.05, 4.69) is 15.4 Å². The van der Waals surface area contributed by atoms with E-state index in [1.54, 1.807) is 12.1 Å². The number of benzene rings is 2. The molecular weight excluding hydrogens is 475 g/mol. The Balaban J connectivity index is 1.35. The first-order valence-electron chi connectivity index (χ1n) is 10.6. The van der Waals surface area contributed by atoms with E-state index >= 15 is 0 Å². The summed E-state index contributed by atoms with van der Waals surface area (Å²) in [5, 5.41) is 7.66. The van der Waals surface area contributed by atoms with Crippen LogP contribution in [0.5, 0.6) is 5.75 Å². The Labute approximate surface area is 203 Å². The number of amides is 1. The number of esters is 1. The second-order valence-corrected chi connectivity index (χ2v) is 8.81. The van der Waals surface area contributed by atoms with Crippen molar-refractivity contribution in [2.24, 2.45) is 0 Å². The zero-order valence-corrected chi connectivity index (χ0v) is 19.7. The van der Waals surface area contributed by atoms with Gasteiger partial charge in [-0.3, -0.25) is 9.59 Å². The highest BCUT2D eigenvalue weighted by atomic mass is 32.1. The van der Waals surface area contributed by atoms with Gasteiger partial charge in [-0.1, -0.05) is 31.3 Å². The van der Waals surface area contributed by atoms with Crippen LogP contribution in [0.25, 0.3) is 4.96 Å². The fourth-order valence-electron chi connectivity index (χ4n) is 3.00. The number of aromatic nitrogens is 3. The van der Waals surface area contributed by atoms with Crippen LogP contribution in [0.3, 0.4) is 0 Å². The fourth-order valence-corrected chi connectivity index (χ4v) is 3.93. The molecule has 4 rings (SSSR count). The van der Waals surface area contributed by atoms with Crippen molar-refractivity contribution in [1.29, 1.82) is 0 Å². The minimum absolute atomic E-state index is 0.157. The predicted octanol–water partition coefficient (Wildman–Crippen LogP) is 3.79. The summed E-state index contributed by atoms with van der Waals surface area (Å²) in [6, 6.07) is 12.8. The third-order valence-electron chi connectivity index (χ3n) is 4.72. The maximum atomic E-state index is 12.9. The molecule has 1 amide bonds. The first-order chi connectivity index (χ1) is 16.8. The lowest BCUT2D eigenvalue weighted by Crippen LogP contribution is -2.20. The molecule has 2 heterocycles. The van der Waals surface area contributed by atoms with Crippen LogP contribution in [0, 0.1) is 5.82 Å². The number of carbonyl (C=O) groups is 2. The van der Waals surface area contributed by atoms with Crippen molar-refractivity contribution < 1.29 is 23.5 Å². The molecular formula is C24H21FN4O5S. The van der Waals surface area contributed by atoms with Gasteiger partial charge in [0.15, 0.2) is 6.61 Å². The lowest BCUT2D eigenvalue weighted by Gasteiger charge is -2.09. The van der Waals surface area contributed by atoms with Gasteiger partial charge >= 0.3 is 5.97 Å². The average molecular weight is 497 g/mol. The van der Waals surface area contributed by atoms with Gasteiger partial charge in [-0.2, -0.15) is 9.61 Å². The second-order valence-electron chi connectivity index (χ2n) is 7.82. The van der Waals surface area contributed by atoms with E-state index in [9.17, 15) is 18.8 Å². The molecule has 0 atom stereocenters. The summed E-state index contributed by atoms with van der Waals surface area (Å²) in [7, 11) is 0. The zero-order valence-electron chi connectivity index (χ0n) is 18.9. The summed E-state index contributed by atoms with van der Waals surface area (Å²) in [4.78, 5) is 41.8. The maximum absolute atomic E-state index is 12.9. The van der Waals surface area contributed by atoms with Crippen LogP contribution in [0.15, 0.2) is 59.4 Å². The smallest absolute Gasteiger partial charge is 0.338 e. The molecule has 0 bridgehead atoms. The van der Waals surface area contributed by atoms with Gasteiger partial charge in [0.1, 0.15) is 23.2 Å². The Kier molecular flexibility index (Phi) is 7.16. The molecule has 0 spiro atoms. The number of rotatable bonds is 8. The van der Waals surface area contributed by atoms with Crippen molar-refractivity contribution >= 4 is 33.9 Å². The van der Waals surface area contributed by atoms with Crippen molar-refractivity contribution in [2.75, 3.05) is 11.9 Å². The Hall–Kier alpha value is -4.12. The van der Waals surface area contributed by atoms with Crippen LogP contribution >= 0.6 is 11.3 Å². The van der Waals surface area contributed by atoms with Crippen LogP contribution in [0.1, 0.15) is 40.8 Å². The number of fused-ring (bicyclic) bond motifs is 1. The predicted molar refractivity (Wildman–Crippen MR) is 127 cm³/mol. The third-order valence-corrected chi connectivity index (χ3v) is 5.93. The van der Waals surface area contributed by atoms with E-state index in [1.165, 1.54) is 58.3 Å². The molecule has 0 aliphatic carbocycles. The molecule has 0 aliphatic rings. The largest absolute Gasteiger partial charge is 0.484 e. The van der Waals surface area contributed by atoms with E-state index < -0.39 is 17.7 Å². The number of hydrogen-bond donors (Lipinski definition) is 1. The molecule has 2 aromatic carbocycles. The van der Waals surface area contributed by atoms with Crippen LogP contribution in [0.2, 0.25) is 0 Å². The third kappa shape index (κ3) is 6.07. The summed E-state index contributed by atoms with van der Waals surface area (Å²) in [5.74, 6) is -0.993. The number of ether oxygens (including phenoxy) is 2. The molecule has 0 saturated carbocycles. The monoisotopic (exact) mass is 496 g/mol. The van der Waals surface area contributed by atoms with E-state index in [-0.39, 0.29) is 30.3 Å². The lowest BCUT2D eigenvalue weighted by atomic mass is 10.2.